The van der Waals surface area contributed by atoms with E-state index in [2.05, 4.69) is 14.8 Å². The van der Waals surface area contributed by atoms with Gasteiger partial charge < -0.3 is 19.3 Å². The summed E-state index contributed by atoms with van der Waals surface area (Å²) >= 11 is 0. The number of urea groups is 1. The summed E-state index contributed by atoms with van der Waals surface area (Å²) in [6, 6.07) is 0.0124. The highest BCUT2D eigenvalue weighted by molar-refractivity contribution is 5.79. The molecule has 0 spiro atoms. The van der Waals surface area contributed by atoms with Crippen LogP contribution in [0.3, 0.4) is 0 Å². The van der Waals surface area contributed by atoms with Crippen LogP contribution in [0.5, 0.6) is 0 Å². The van der Waals surface area contributed by atoms with Crippen molar-refractivity contribution < 1.29 is 9.59 Å². The van der Waals surface area contributed by atoms with Crippen molar-refractivity contribution in [3.05, 3.63) is 11.6 Å². The van der Waals surface area contributed by atoms with E-state index in [0.29, 0.717) is 13.1 Å². The number of piperidine rings is 1. The van der Waals surface area contributed by atoms with Crippen LogP contribution in [0.1, 0.15) is 56.2 Å². The van der Waals surface area contributed by atoms with E-state index in [9.17, 15) is 9.59 Å². The molecule has 0 N–H and O–H groups in total. The standard InChI is InChI=1S/C18H28N6O2/c1-21(2)18(26)23-9-4-3-8-14(23)16-20-19-15-12-22(10-11-24(15)16)17(25)13-6-5-7-13/h13-14H,3-12H2,1-2H3. The average Bonchev–Trinajstić information content (AvgIpc) is 3.02. The molecule has 26 heavy (non-hydrogen) atoms. The maximum absolute atomic E-state index is 12.6. The van der Waals surface area contributed by atoms with Gasteiger partial charge >= 0.3 is 6.03 Å². The van der Waals surface area contributed by atoms with Crippen LogP contribution < -0.4 is 0 Å². The van der Waals surface area contributed by atoms with Crippen molar-refractivity contribution in [3.63, 3.8) is 0 Å². The second kappa shape index (κ2) is 6.89. The number of hydrogen-bond acceptors (Lipinski definition) is 4. The third-order valence-electron chi connectivity index (χ3n) is 5.98. The second-order valence-corrected chi connectivity index (χ2v) is 7.90. The molecule has 4 rings (SSSR count). The average molecular weight is 360 g/mol. The first-order valence-electron chi connectivity index (χ1n) is 9.75. The van der Waals surface area contributed by atoms with Crippen molar-refractivity contribution >= 4 is 11.9 Å². The van der Waals surface area contributed by atoms with E-state index in [-0.39, 0.29) is 23.9 Å². The van der Waals surface area contributed by atoms with Crippen LogP contribution in [0.25, 0.3) is 0 Å². The van der Waals surface area contributed by atoms with Crippen molar-refractivity contribution in [3.8, 4) is 0 Å². The number of fused-ring (bicyclic) bond motifs is 1. The van der Waals surface area contributed by atoms with E-state index in [1.54, 1.807) is 19.0 Å². The molecule has 3 amide bonds. The predicted octanol–water partition coefficient (Wildman–Crippen LogP) is 1.63. The van der Waals surface area contributed by atoms with Crippen LogP contribution >= 0.6 is 0 Å². The molecule has 0 aromatic carbocycles. The molecular weight excluding hydrogens is 332 g/mol. The van der Waals surface area contributed by atoms with Gasteiger partial charge in [-0.1, -0.05) is 6.42 Å². The molecule has 2 fully saturated rings. The molecule has 3 aliphatic rings. The Morgan fingerprint density at radius 1 is 1.00 bits per heavy atom. The third-order valence-corrected chi connectivity index (χ3v) is 5.98. The summed E-state index contributed by atoms with van der Waals surface area (Å²) in [5.74, 6) is 2.22. The molecule has 1 aromatic rings. The van der Waals surface area contributed by atoms with Crippen LogP contribution in [0.4, 0.5) is 4.79 Å². The van der Waals surface area contributed by atoms with Gasteiger partial charge in [-0.15, -0.1) is 10.2 Å². The smallest absolute Gasteiger partial charge is 0.320 e. The molecule has 1 atom stereocenters. The van der Waals surface area contributed by atoms with Crippen molar-refractivity contribution in [1.82, 2.24) is 29.5 Å². The van der Waals surface area contributed by atoms with Gasteiger partial charge in [-0.25, -0.2) is 4.79 Å². The van der Waals surface area contributed by atoms with Crippen molar-refractivity contribution in [2.45, 2.75) is 57.7 Å². The van der Waals surface area contributed by atoms with Gasteiger partial charge in [0.15, 0.2) is 11.6 Å². The van der Waals surface area contributed by atoms with Gasteiger partial charge in [0, 0.05) is 39.6 Å². The molecule has 2 aliphatic heterocycles. The number of carbonyl (C=O) groups is 2. The largest absolute Gasteiger partial charge is 0.333 e. The van der Waals surface area contributed by atoms with Crippen LogP contribution in [0, 0.1) is 5.92 Å². The SMILES string of the molecule is CN(C)C(=O)N1CCCCC1c1nnc2n1CCN(C(=O)C1CCC1)C2. The Kier molecular flexibility index (Phi) is 4.58. The summed E-state index contributed by atoms with van der Waals surface area (Å²) in [7, 11) is 3.58. The van der Waals surface area contributed by atoms with E-state index in [1.165, 1.54) is 6.42 Å². The van der Waals surface area contributed by atoms with Gasteiger partial charge in [-0.2, -0.15) is 0 Å². The zero-order chi connectivity index (χ0) is 18.3. The van der Waals surface area contributed by atoms with Crippen LogP contribution in [-0.2, 0) is 17.9 Å². The fraction of sp³-hybridized carbons (Fsp3) is 0.778. The van der Waals surface area contributed by atoms with E-state index in [4.69, 9.17) is 0 Å². The van der Waals surface area contributed by atoms with Gasteiger partial charge in [-0.05, 0) is 32.1 Å². The minimum absolute atomic E-state index is 0.0196. The van der Waals surface area contributed by atoms with Gasteiger partial charge in [0.1, 0.15) is 0 Å². The number of hydrogen-bond donors (Lipinski definition) is 0. The monoisotopic (exact) mass is 360 g/mol. The topological polar surface area (TPSA) is 74.6 Å². The summed E-state index contributed by atoms with van der Waals surface area (Å²) in [4.78, 5) is 30.6. The molecule has 0 radical (unpaired) electrons. The second-order valence-electron chi connectivity index (χ2n) is 7.90. The minimum atomic E-state index is -0.0196. The van der Waals surface area contributed by atoms with Crippen molar-refractivity contribution in [2.24, 2.45) is 5.92 Å². The van der Waals surface area contributed by atoms with Crippen molar-refractivity contribution in [2.75, 3.05) is 27.2 Å². The Bertz CT molecular complexity index is 696. The number of carbonyl (C=O) groups excluding carboxylic acids is 2. The Morgan fingerprint density at radius 3 is 2.50 bits per heavy atom. The molecule has 142 valence electrons. The minimum Gasteiger partial charge on any atom is -0.333 e. The zero-order valence-corrected chi connectivity index (χ0v) is 15.7. The Hall–Kier alpha value is -2.12. The molecule has 1 aliphatic carbocycles. The lowest BCUT2D eigenvalue weighted by Gasteiger charge is -2.38. The highest BCUT2D eigenvalue weighted by Gasteiger charge is 2.36. The number of rotatable bonds is 2. The number of aromatic nitrogens is 3. The summed E-state index contributed by atoms with van der Waals surface area (Å²) in [6.45, 7) is 2.73. The molecular formula is C18H28N6O2. The Labute approximate surface area is 154 Å². The predicted molar refractivity (Wildman–Crippen MR) is 95.2 cm³/mol. The Balaban J connectivity index is 1.53. The summed E-state index contributed by atoms with van der Waals surface area (Å²) in [5.41, 5.74) is 0. The van der Waals surface area contributed by atoms with Crippen LogP contribution in [0.15, 0.2) is 0 Å². The van der Waals surface area contributed by atoms with Crippen LogP contribution in [-0.4, -0.2) is 68.6 Å². The molecule has 3 heterocycles. The van der Waals surface area contributed by atoms with Crippen LogP contribution in [0.2, 0.25) is 0 Å². The molecule has 1 saturated heterocycles. The first-order chi connectivity index (χ1) is 12.6. The zero-order valence-electron chi connectivity index (χ0n) is 15.7. The molecule has 8 nitrogen and oxygen atoms in total. The van der Waals surface area contributed by atoms with Gasteiger partial charge in [-0.3, -0.25) is 4.79 Å². The molecule has 1 aromatic heterocycles. The lowest BCUT2D eigenvalue weighted by molar-refractivity contribution is -0.139. The quantitative estimate of drug-likeness (QED) is 0.803. The summed E-state index contributed by atoms with van der Waals surface area (Å²) in [5, 5.41) is 8.82. The normalized spacial score (nSPS) is 23.4. The lowest BCUT2D eigenvalue weighted by Crippen LogP contribution is -2.46. The first-order valence-corrected chi connectivity index (χ1v) is 9.75. The summed E-state index contributed by atoms with van der Waals surface area (Å²) in [6.07, 6.45) is 6.26. The fourth-order valence-corrected chi connectivity index (χ4v) is 4.21. The van der Waals surface area contributed by atoms with Gasteiger partial charge in [0.05, 0.1) is 12.6 Å². The van der Waals surface area contributed by atoms with Gasteiger partial charge in [0.25, 0.3) is 0 Å². The van der Waals surface area contributed by atoms with E-state index < -0.39 is 0 Å². The third kappa shape index (κ3) is 2.95. The number of likely N-dealkylation sites (tertiary alicyclic amines) is 1. The highest BCUT2D eigenvalue weighted by Crippen LogP contribution is 2.33. The van der Waals surface area contributed by atoms with Crippen molar-refractivity contribution in [1.29, 1.82) is 0 Å². The Morgan fingerprint density at radius 2 is 1.81 bits per heavy atom. The lowest BCUT2D eigenvalue weighted by atomic mass is 9.84. The molecule has 8 heteroatoms. The highest BCUT2D eigenvalue weighted by atomic mass is 16.2. The van der Waals surface area contributed by atoms with Gasteiger partial charge in [0.2, 0.25) is 5.91 Å². The molecule has 1 unspecified atom stereocenters. The molecule has 1 saturated carbocycles. The first kappa shape index (κ1) is 17.3. The number of nitrogens with zero attached hydrogens (tertiary/aromatic N) is 6. The molecule has 0 bridgehead atoms. The van der Waals surface area contributed by atoms with E-state index in [0.717, 1.165) is 56.8 Å². The van der Waals surface area contributed by atoms with E-state index in [1.807, 2.05) is 9.80 Å². The maximum Gasteiger partial charge on any atom is 0.320 e. The fourth-order valence-electron chi connectivity index (χ4n) is 4.21. The van der Waals surface area contributed by atoms with E-state index >= 15 is 0 Å². The summed E-state index contributed by atoms with van der Waals surface area (Å²) < 4.78 is 2.14. The number of amides is 3. The maximum atomic E-state index is 12.6.